The van der Waals surface area contributed by atoms with Crippen molar-refractivity contribution in [2.75, 3.05) is 11.9 Å². The van der Waals surface area contributed by atoms with Gasteiger partial charge in [-0.05, 0) is 31.0 Å². The fraction of sp³-hybridized carbons (Fsp3) is 0.444. The van der Waals surface area contributed by atoms with Crippen LogP contribution in [-0.2, 0) is 4.79 Å². The molecule has 122 valence electrons. The van der Waals surface area contributed by atoms with E-state index >= 15 is 0 Å². The lowest BCUT2D eigenvalue weighted by Gasteiger charge is -2.26. The van der Waals surface area contributed by atoms with Crippen molar-refractivity contribution in [2.24, 2.45) is 5.41 Å². The van der Waals surface area contributed by atoms with Crippen molar-refractivity contribution < 1.29 is 9.59 Å². The van der Waals surface area contributed by atoms with Crippen LogP contribution in [0.4, 0.5) is 5.69 Å². The van der Waals surface area contributed by atoms with Crippen LogP contribution in [0.2, 0.25) is 0 Å². The quantitative estimate of drug-likeness (QED) is 0.914. The number of carbonyl (C=O) groups is 2. The van der Waals surface area contributed by atoms with Gasteiger partial charge < -0.3 is 15.2 Å². The Kier molecular flexibility index (Phi) is 3.66. The largest absolute Gasteiger partial charge is 0.360 e. The standard InChI is InChI=1S/C18H23N3O2/c1-18(2,3)17(23)21(4)12-7-8-13-14(10-19-15(13)9-12)16(22)20-11-5-6-11/h7-11,19H,5-6H2,1-4H3,(H,20,22). The zero-order chi connectivity index (χ0) is 16.8. The van der Waals surface area contributed by atoms with Crippen LogP contribution in [0.25, 0.3) is 10.9 Å². The average Bonchev–Trinajstić information content (AvgIpc) is 3.20. The van der Waals surface area contributed by atoms with E-state index in [1.54, 1.807) is 18.1 Å². The van der Waals surface area contributed by atoms with Gasteiger partial charge in [0.1, 0.15) is 0 Å². The van der Waals surface area contributed by atoms with E-state index in [4.69, 9.17) is 0 Å². The van der Waals surface area contributed by atoms with Crippen LogP contribution in [-0.4, -0.2) is 29.9 Å². The molecular formula is C18H23N3O2. The minimum atomic E-state index is -0.436. The zero-order valence-corrected chi connectivity index (χ0v) is 14.1. The van der Waals surface area contributed by atoms with Crippen LogP contribution >= 0.6 is 0 Å². The molecule has 3 rings (SSSR count). The van der Waals surface area contributed by atoms with Crippen molar-refractivity contribution in [3.05, 3.63) is 30.0 Å². The molecule has 0 atom stereocenters. The summed E-state index contributed by atoms with van der Waals surface area (Å²) in [7, 11) is 1.78. The number of hydrogen-bond acceptors (Lipinski definition) is 2. The maximum Gasteiger partial charge on any atom is 0.253 e. The average molecular weight is 313 g/mol. The van der Waals surface area contributed by atoms with Crippen molar-refractivity contribution in [2.45, 2.75) is 39.7 Å². The molecule has 2 aromatic rings. The third-order valence-corrected chi connectivity index (χ3v) is 4.16. The number of H-pyrrole nitrogens is 1. The second kappa shape index (κ2) is 5.41. The highest BCUT2D eigenvalue weighted by molar-refractivity contribution is 6.08. The van der Waals surface area contributed by atoms with E-state index in [9.17, 15) is 9.59 Å². The maximum absolute atomic E-state index is 12.4. The van der Waals surface area contributed by atoms with Gasteiger partial charge in [0.05, 0.1) is 5.56 Å². The molecule has 5 heteroatoms. The zero-order valence-electron chi connectivity index (χ0n) is 14.1. The normalized spacial score (nSPS) is 14.8. The van der Waals surface area contributed by atoms with Gasteiger partial charge in [-0.3, -0.25) is 9.59 Å². The van der Waals surface area contributed by atoms with E-state index in [2.05, 4.69) is 10.3 Å². The summed E-state index contributed by atoms with van der Waals surface area (Å²) in [6, 6.07) is 6.03. The van der Waals surface area contributed by atoms with Crippen molar-refractivity contribution in [3.8, 4) is 0 Å². The topological polar surface area (TPSA) is 65.2 Å². The lowest BCUT2D eigenvalue weighted by Crippen LogP contribution is -2.36. The fourth-order valence-corrected chi connectivity index (χ4v) is 2.62. The molecule has 1 saturated carbocycles. The first-order chi connectivity index (χ1) is 10.8. The predicted octanol–water partition coefficient (Wildman–Crippen LogP) is 3.07. The summed E-state index contributed by atoms with van der Waals surface area (Å²) in [5.41, 5.74) is 1.89. The van der Waals surface area contributed by atoms with Crippen molar-refractivity contribution in [1.82, 2.24) is 10.3 Å². The first kappa shape index (κ1) is 15.6. The molecule has 1 aromatic heterocycles. The Labute approximate surface area is 136 Å². The molecule has 0 unspecified atom stereocenters. The molecule has 1 heterocycles. The number of aromatic nitrogens is 1. The summed E-state index contributed by atoms with van der Waals surface area (Å²) in [4.78, 5) is 29.4. The molecule has 0 spiro atoms. The molecule has 23 heavy (non-hydrogen) atoms. The van der Waals surface area contributed by atoms with Crippen molar-refractivity contribution >= 4 is 28.4 Å². The second-order valence-electron chi connectivity index (χ2n) is 7.29. The van der Waals surface area contributed by atoms with Gasteiger partial charge in [0, 0.05) is 41.3 Å². The van der Waals surface area contributed by atoms with Gasteiger partial charge in [0.2, 0.25) is 5.91 Å². The minimum Gasteiger partial charge on any atom is -0.360 e. The van der Waals surface area contributed by atoms with Gasteiger partial charge in [-0.15, -0.1) is 0 Å². The van der Waals surface area contributed by atoms with E-state index in [1.165, 1.54) is 0 Å². The van der Waals surface area contributed by atoms with Crippen LogP contribution < -0.4 is 10.2 Å². The van der Waals surface area contributed by atoms with Gasteiger partial charge in [0.15, 0.2) is 0 Å². The monoisotopic (exact) mass is 313 g/mol. The number of nitrogens with zero attached hydrogens (tertiary/aromatic N) is 1. The highest BCUT2D eigenvalue weighted by atomic mass is 16.2. The molecular weight excluding hydrogens is 290 g/mol. The van der Waals surface area contributed by atoms with Gasteiger partial charge in [0.25, 0.3) is 5.91 Å². The van der Waals surface area contributed by atoms with Crippen molar-refractivity contribution in [3.63, 3.8) is 0 Å². The highest BCUT2D eigenvalue weighted by Gasteiger charge is 2.27. The number of nitrogens with one attached hydrogen (secondary N) is 2. The molecule has 1 aliphatic rings. The fourth-order valence-electron chi connectivity index (χ4n) is 2.62. The summed E-state index contributed by atoms with van der Waals surface area (Å²) in [6.07, 6.45) is 3.87. The van der Waals surface area contributed by atoms with Crippen LogP contribution in [0, 0.1) is 5.41 Å². The van der Waals surface area contributed by atoms with Gasteiger partial charge in [-0.1, -0.05) is 20.8 Å². The Hall–Kier alpha value is -2.30. The number of amides is 2. The number of anilines is 1. The van der Waals surface area contributed by atoms with Gasteiger partial charge >= 0.3 is 0 Å². The van der Waals surface area contributed by atoms with Crippen LogP contribution in [0.1, 0.15) is 44.0 Å². The smallest absolute Gasteiger partial charge is 0.253 e. The Morgan fingerprint density at radius 3 is 2.57 bits per heavy atom. The molecule has 0 aliphatic heterocycles. The third-order valence-electron chi connectivity index (χ3n) is 4.16. The molecule has 5 nitrogen and oxygen atoms in total. The SMILES string of the molecule is CN(C(=O)C(C)(C)C)c1ccc2c(C(=O)NC3CC3)c[nH]c2c1. The molecule has 0 radical (unpaired) electrons. The molecule has 2 N–H and O–H groups in total. The first-order valence-electron chi connectivity index (χ1n) is 7.97. The highest BCUT2D eigenvalue weighted by Crippen LogP contribution is 2.27. The predicted molar refractivity (Wildman–Crippen MR) is 91.7 cm³/mol. The minimum absolute atomic E-state index is 0.0365. The van der Waals surface area contributed by atoms with E-state index in [0.717, 1.165) is 29.4 Å². The first-order valence-corrected chi connectivity index (χ1v) is 7.97. The Morgan fingerprint density at radius 2 is 1.96 bits per heavy atom. The summed E-state index contributed by atoms with van der Waals surface area (Å²) < 4.78 is 0. The summed E-state index contributed by atoms with van der Waals surface area (Å²) in [5.74, 6) is 0.0146. The lowest BCUT2D eigenvalue weighted by molar-refractivity contribution is -0.125. The number of fused-ring (bicyclic) bond motifs is 1. The van der Waals surface area contributed by atoms with Crippen LogP contribution in [0.15, 0.2) is 24.4 Å². The Balaban J connectivity index is 1.88. The molecule has 0 bridgehead atoms. The second-order valence-corrected chi connectivity index (χ2v) is 7.29. The maximum atomic E-state index is 12.4. The van der Waals surface area contributed by atoms with Crippen molar-refractivity contribution in [1.29, 1.82) is 0 Å². The molecule has 1 aliphatic carbocycles. The lowest BCUT2D eigenvalue weighted by atomic mass is 9.94. The summed E-state index contributed by atoms with van der Waals surface area (Å²) in [6.45, 7) is 5.71. The Bertz CT molecular complexity index is 766. The summed E-state index contributed by atoms with van der Waals surface area (Å²) in [5, 5.41) is 3.88. The molecule has 0 saturated heterocycles. The molecule has 1 fully saturated rings. The van der Waals surface area contributed by atoms with E-state index in [1.807, 2.05) is 39.0 Å². The van der Waals surface area contributed by atoms with Crippen LogP contribution in [0.3, 0.4) is 0 Å². The number of aromatic amines is 1. The van der Waals surface area contributed by atoms with Gasteiger partial charge in [-0.25, -0.2) is 0 Å². The molecule has 2 amide bonds. The van der Waals surface area contributed by atoms with Crippen LogP contribution in [0.5, 0.6) is 0 Å². The number of benzene rings is 1. The van der Waals surface area contributed by atoms with E-state index in [0.29, 0.717) is 11.6 Å². The number of rotatable bonds is 3. The number of hydrogen-bond donors (Lipinski definition) is 2. The summed E-state index contributed by atoms with van der Waals surface area (Å²) >= 11 is 0. The van der Waals surface area contributed by atoms with Gasteiger partial charge in [-0.2, -0.15) is 0 Å². The van der Waals surface area contributed by atoms with E-state index in [-0.39, 0.29) is 11.8 Å². The molecule has 1 aromatic carbocycles. The van der Waals surface area contributed by atoms with E-state index < -0.39 is 5.41 Å². The number of carbonyl (C=O) groups excluding carboxylic acids is 2. The Morgan fingerprint density at radius 1 is 1.26 bits per heavy atom. The third kappa shape index (κ3) is 3.09.